The van der Waals surface area contributed by atoms with Gasteiger partial charge in [-0.15, -0.1) is 0 Å². The molecule has 0 aromatic heterocycles. The van der Waals surface area contributed by atoms with Crippen molar-refractivity contribution in [3.05, 3.63) is 23.8 Å². The molecule has 8 heteroatoms. The summed E-state index contributed by atoms with van der Waals surface area (Å²) in [5.74, 6) is 0.315. The monoisotopic (exact) mass is 355 g/mol. The minimum absolute atomic E-state index is 0.133. The van der Waals surface area contributed by atoms with Crippen LogP contribution in [0.25, 0.3) is 0 Å². The summed E-state index contributed by atoms with van der Waals surface area (Å²) in [5.41, 5.74) is 0.823. The first-order valence-corrected chi connectivity index (χ1v) is 9.76. The molecule has 0 atom stereocenters. The molecule has 1 saturated heterocycles. The number of ether oxygens (including phenoxy) is 1. The molecule has 1 fully saturated rings. The number of carbonyl (C=O) groups excluding carboxylic acids is 1. The van der Waals surface area contributed by atoms with E-state index in [0.29, 0.717) is 30.1 Å². The van der Waals surface area contributed by atoms with Crippen LogP contribution in [-0.2, 0) is 10.0 Å². The molecule has 0 radical (unpaired) electrons. The standard InChI is InChI=1S/C16H25N3O4S/c1-5-18-8-10-19(11-9-18)16(20)14-12-13(6-7-15(14)23-3)17(2)24(4,21)22/h6-7,12H,5,8-11H2,1-4H3. The Morgan fingerprint density at radius 1 is 1.25 bits per heavy atom. The Kier molecular flexibility index (Phi) is 5.71. The number of piperazine rings is 1. The zero-order valence-corrected chi connectivity index (χ0v) is 15.5. The largest absolute Gasteiger partial charge is 0.496 e. The second-order valence-electron chi connectivity index (χ2n) is 5.84. The van der Waals surface area contributed by atoms with Gasteiger partial charge in [0.1, 0.15) is 5.75 Å². The van der Waals surface area contributed by atoms with E-state index in [9.17, 15) is 13.2 Å². The van der Waals surface area contributed by atoms with Gasteiger partial charge in [0.05, 0.1) is 24.6 Å². The summed E-state index contributed by atoms with van der Waals surface area (Å²) in [6.07, 6.45) is 1.13. The molecule has 0 unspecified atom stereocenters. The highest BCUT2D eigenvalue weighted by Gasteiger charge is 2.25. The fourth-order valence-corrected chi connectivity index (χ4v) is 3.18. The fourth-order valence-electron chi connectivity index (χ4n) is 2.69. The van der Waals surface area contributed by atoms with E-state index in [4.69, 9.17) is 4.74 Å². The van der Waals surface area contributed by atoms with Crippen molar-refractivity contribution in [3.8, 4) is 5.75 Å². The Bertz CT molecular complexity index is 697. The average Bonchev–Trinajstić information content (AvgIpc) is 2.59. The van der Waals surface area contributed by atoms with Crippen LogP contribution in [0, 0.1) is 0 Å². The number of methoxy groups -OCH3 is 1. The minimum atomic E-state index is -3.39. The Balaban J connectivity index is 2.29. The van der Waals surface area contributed by atoms with Crippen LogP contribution in [-0.4, -0.2) is 77.3 Å². The van der Waals surface area contributed by atoms with Crippen LogP contribution in [0.3, 0.4) is 0 Å². The Morgan fingerprint density at radius 2 is 1.88 bits per heavy atom. The van der Waals surface area contributed by atoms with Crippen molar-refractivity contribution < 1.29 is 17.9 Å². The number of hydrogen-bond acceptors (Lipinski definition) is 5. The summed E-state index contributed by atoms with van der Waals surface area (Å²) >= 11 is 0. The molecule has 0 aliphatic carbocycles. The summed E-state index contributed by atoms with van der Waals surface area (Å²) in [7, 11) is -0.428. The van der Waals surface area contributed by atoms with Gasteiger partial charge in [-0.25, -0.2) is 8.42 Å². The quantitative estimate of drug-likeness (QED) is 0.784. The maximum Gasteiger partial charge on any atom is 0.257 e. The van der Waals surface area contributed by atoms with Gasteiger partial charge < -0.3 is 14.5 Å². The Morgan fingerprint density at radius 3 is 2.38 bits per heavy atom. The topological polar surface area (TPSA) is 70.2 Å². The van der Waals surface area contributed by atoms with Gasteiger partial charge in [0.2, 0.25) is 10.0 Å². The highest BCUT2D eigenvalue weighted by molar-refractivity contribution is 7.92. The van der Waals surface area contributed by atoms with Crippen molar-refractivity contribution in [2.45, 2.75) is 6.92 Å². The number of hydrogen-bond donors (Lipinski definition) is 0. The van der Waals surface area contributed by atoms with E-state index >= 15 is 0 Å². The lowest BCUT2D eigenvalue weighted by Gasteiger charge is -2.34. The molecular formula is C16H25N3O4S. The lowest BCUT2D eigenvalue weighted by Crippen LogP contribution is -2.48. The molecule has 1 aromatic carbocycles. The van der Waals surface area contributed by atoms with Crippen LogP contribution in [0.15, 0.2) is 18.2 Å². The van der Waals surface area contributed by atoms with Crippen LogP contribution < -0.4 is 9.04 Å². The molecule has 1 aliphatic rings. The van der Waals surface area contributed by atoms with Crippen LogP contribution in [0.5, 0.6) is 5.75 Å². The zero-order chi connectivity index (χ0) is 17.9. The predicted octanol–water partition coefficient (Wildman–Crippen LogP) is 0.869. The SMILES string of the molecule is CCN1CCN(C(=O)c2cc(N(C)S(C)(=O)=O)ccc2OC)CC1. The van der Waals surface area contributed by atoms with Crippen molar-refractivity contribution in [1.29, 1.82) is 0 Å². The minimum Gasteiger partial charge on any atom is -0.496 e. The lowest BCUT2D eigenvalue weighted by atomic mass is 10.1. The van der Waals surface area contributed by atoms with Gasteiger partial charge >= 0.3 is 0 Å². The molecule has 0 N–H and O–H groups in total. The van der Waals surface area contributed by atoms with Gasteiger partial charge in [0.25, 0.3) is 5.91 Å². The molecular weight excluding hydrogens is 330 g/mol. The van der Waals surface area contributed by atoms with E-state index in [2.05, 4.69) is 11.8 Å². The second kappa shape index (κ2) is 7.40. The number of benzene rings is 1. The van der Waals surface area contributed by atoms with E-state index in [1.807, 2.05) is 0 Å². The maximum absolute atomic E-state index is 12.9. The van der Waals surface area contributed by atoms with E-state index in [-0.39, 0.29) is 5.91 Å². The number of rotatable bonds is 5. The number of likely N-dealkylation sites (N-methyl/N-ethyl adjacent to an activating group) is 1. The first-order chi connectivity index (χ1) is 11.3. The third-order valence-corrected chi connectivity index (χ3v) is 5.59. The molecule has 0 saturated carbocycles. The predicted molar refractivity (Wildman–Crippen MR) is 94.3 cm³/mol. The van der Waals surface area contributed by atoms with E-state index in [0.717, 1.165) is 30.2 Å². The van der Waals surface area contributed by atoms with Gasteiger partial charge in [-0.2, -0.15) is 0 Å². The lowest BCUT2D eigenvalue weighted by molar-refractivity contribution is 0.0640. The number of anilines is 1. The van der Waals surface area contributed by atoms with Gasteiger partial charge in [-0.1, -0.05) is 6.92 Å². The smallest absolute Gasteiger partial charge is 0.257 e. The molecule has 1 amide bonds. The second-order valence-corrected chi connectivity index (χ2v) is 7.86. The zero-order valence-electron chi connectivity index (χ0n) is 14.7. The van der Waals surface area contributed by atoms with E-state index < -0.39 is 10.0 Å². The fraction of sp³-hybridized carbons (Fsp3) is 0.562. The van der Waals surface area contributed by atoms with Crippen molar-refractivity contribution in [1.82, 2.24) is 9.80 Å². The Labute approximate surface area is 143 Å². The molecule has 7 nitrogen and oxygen atoms in total. The highest BCUT2D eigenvalue weighted by atomic mass is 32.2. The van der Waals surface area contributed by atoms with Crippen molar-refractivity contribution in [2.75, 3.05) is 57.4 Å². The molecule has 1 aliphatic heterocycles. The number of nitrogens with zero attached hydrogens (tertiary/aromatic N) is 3. The molecule has 0 spiro atoms. The number of carbonyl (C=O) groups is 1. The molecule has 0 bridgehead atoms. The maximum atomic E-state index is 12.9. The van der Waals surface area contributed by atoms with E-state index in [1.54, 1.807) is 23.1 Å². The first kappa shape index (κ1) is 18.5. The van der Waals surface area contributed by atoms with Crippen LogP contribution in [0.2, 0.25) is 0 Å². The molecule has 24 heavy (non-hydrogen) atoms. The third-order valence-electron chi connectivity index (χ3n) is 4.38. The highest BCUT2D eigenvalue weighted by Crippen LogP contribution is 2.27. The number of sulfonamides is 1. The molecule has 134 valence electrons. The molecule has 1 aromatic rings. The summed E-state index contributed by atoms with van der Waals surface area (Å²) in [5, 5.41) is 0. The van der Waals surface area contributed by atoms with Gasteiger partial charge in [0.15, 0.2) is 0 Å². The average molecular weight is 355 g/mol. The normalized spacial score (nSPS) is 16.1. The van der Waals surface area contributed by atoms with Gasteiger partial charge in [-0.05, 0) is 24.7 Å². The Hall–Kier alpha value is -1.80. The summed E-state index contributed by atoms with van der Waals surface area (Å²) in [4.78, 5) is 16.9. The van der Waals surface area contributed by atoms with Gasteiger partial charge in [-0.3, -0.25) is 9.10 Å². The van der Waals surface area contributed by atoms with Crippen LogP contribution in [0.4, 0.5) is 5.69 Å². The van der Waals surface area contributed by atoms with Crippen LogP contribution in [0.1, 0.15) is 17.3 Å². The third kappa shape index (κ3) is 3.99. The van der Waals surface area contributed by atoms with Crippen molar-refractivity contribution in [2.24, 2.45) is 0 Å². The van der Waals surface area contributed by atoms with Crippen molar-refractivity contribution in [3.63, 3.8) is 0 Å². The van der Waals surface area contributed by atoms with Crippen molar-refractivity contribution >= 4 is 21.6 Å². The number of amides is 1. The first-order valence-electron chi connectivity index (χ1n) is 7.91. The molecule has 1 heterocycles. The molecule has 2 rings (SSSR count). The van der Waals surface area contributed by atoms with Gasteiger partial charge in [0, 0.05) is 33.2 Å². The van der Waals surface area contributed by atoms with Crippen LogP contribution >= 0.6 is 0 Å². The summed E-state index contributed by atoms with van der Waals surface area (Å²) < 4.78 is 29.9. The summed E-state index contributed by atoms with van der Waals surface area (Å²) in [6, 6.07) is 4.84. The summed E-state index contributed by atoms with van der Waals surface area (Å²) in [6.45, 7) is 6.07. The van der Waals surface area contributed by atoms with E-state index in [1.165, 1.54) is 14.2 Å².